The molecule has 1 atom stereocenters. The van der Waals surface area contributed by atoms with E-state index in [1.54, 1.807) is 26.8 Å². The van der Waals surface area contributed by atoms with Crippen LogP contribution in [0.3, 0.4) is 0 Å². The highest BCUT2D eigenvalue weighted by molar-refractivity contribution is 6.42. The maximum atomic E-state index is 13.0. The lowest BCUT2D eigenvalue weighted by Crippen LogP contribution is -2.44. The number of carbonyl (C=O) groups excluding carboxylic acids is 3. The molecule has 1 unspecified atom stereocenters. The molecule has 3 rings (SSSR count). The second-order valence-corrected chi connectivity index (χ2v) is 12.2. The van der Waals surface area contributed by atoms with E-state index in [-0.39, 0.29) is 17.5 Å². The third kappa shape index (κ3) is 8.74. The van der Waals surface area contributed by atoms with Crippen LogP contribution in [0.15, 0.2) is 6.07 Å². The lowest BCUT2D eigenvalue weighted by atomic mass is 10.1. The molecule has 0 spiro atoms. The van der Waals surface area contributed by atoms with Gasteiger partial charge in [-0.1, -0.05) is 23.2 Å². The number of hydrogen-bond acceptors (Lipinski definition) is 7. The first-order valence-electron chi connectivity index (χ1n) is 12.4. The minimum Gasteiger partial charge on any atom is -0.444 e. The molecule has 1 heterocycles. The zero-order chi connectivity index (χ0) is 27.5. The van der Waals surface area contributed by atoms with Gasteiger partial charge in [-0.25, -0.2) is 15.0 Å². The highest BCUT2D eigenvalue weighted by atomic mass is 35.5. The number of anilines is 2. The van der Waals surface area contributed by atoms with Crippen LogP contribution in [0.25, 0.3) is 0 Å². The molecule has 0 radical (unpaired) electrons. The van der Waals surface area contributed by atoms with Crippen molar-refractivity contribution < 1.29 is 23.9 Å². The fraction of sp³-hybridized carbons (Fsp3) is 0.640. The van der Waals surface area contributed by atoms with E-state index >= 15 is 0 Å². The zero-order valence-electron chi connectivity index (χ0n) is 22.2. The second kappa shape index (κ2) is 11.4. The van der Waals surface area contributed by atoms with Gasteiger partial charge in [0.1, 0.15) is 11.2 Å². The van der Waals surface area contributed by atoms with Crippen LogP contribution in [-0.2, 0) is 9.47 Å². The SMILES string of the molecule is CC(C)(C)OC(=O)NCC1CCN(c2c(Cl)cc(C(=O)NNC(=O)OC(C)(C)C)c(NC3CC3)c2Cl)C1. The minimum absolute atomic E-state index is 0.181. The van der Waals surface area contributed by atoms with Crippen molar-refractivity contribution in [1.82, 2.24) is 16.2 Å². The van der Waals surface area contributed by atoms with Gasteiger partial charge in [0.05, 0.1) is 27.0 Å². The molecule has 2 fully saturated rings. The van der Waals surface area contributed by atoms with Gasteiger partial charge < -0.3 is 25.0 Å². The topological polar surface area (TPSA) is 121 Å². The number of hydrazine groups is 1. The summed E-state index contributed by atoms with van der Waals surface area (Å²) in [6, 6.07) is 1.76. The summed E-state index contributed by atoms with van der Waals surface area (Å²) < 4.78 is 10.5. The van der Waals surface area contributed by atoms with Gasteiger partial charge in [-0.2, -0.15) is 0 Å². The summed E-state index contributed by atoms with van der Waals surface area (Å²) in [4.78, 5) is 39.0. The van der Waals surface area contributed by atoms with E-state index in [1.165, 1.54) is 0 Å². The molecule has 3 amide bonds. The summed E-state index contributed by atoms with van der Waals surface area (Å²) in [5.74, 6) is -0.397. The van der Waals surface area contributed by atoms with Gasteiger partial charge in [-0.3, -0.25) is 10.2 Å². The molecule has 1 aliphatic heterocycles. The van der Waals surface area contributed by atoms with Crippen molar-refractivity contribution in [2.45, 2.75) is 78.0 Å². The highest BCUT2D eigenvalue weighted by Gasteiger charge is 2.32. The molecule has 10 nitrogen and oxygen atoms in total. The van der Waals surface area contributed by atoms with Crippen molar-refractivity contribution in [3.63, 3.8) is 0 Å². The van der Waals surface area contributed by atoms with Gasteiger partial charge in [0, 0.05) is 25.7 Å². The van der Waals surface area contributed by atoms with Crippen LogP contribution in [0.5, 0.6) is 0 Å². The smallest absolute Gasteiger partial charge is 0.426 e. The van der Waals surface area contributed by atoms with Crippen LogP contribution in [0, 0.1) is 5.92 Å². The number of carbonyl (C=O) groups is 3. The van der Waals surface area contributed by atoms with Crippen molar-refractivity contribution in [1.29, 1.82) is 0 Å². The summed E-state index contributed by atoms with van der Waals surface area (Å²) in [5, 5.41) is 6.80. The summed E-state index contributed by atoms with van der Waals surface area (Å²) >= 11 is 13.5. The van der Waals surface area contributed by atoms with Gasteiger partial charge in [0.15, 0.2) is 0 Å². The lowest BCUT2D eigenvalue weighted by Gasteiger charge is -2.25. The normalized spacial score (nSPS) is 17.7. The van der Waals surface area contributed by atoms with Crippen LogP contribution in [0.2, 0.25) is 10.0 Å². The number of amides is 3. The van der Waals surface area contributed by atoms with E-state index in [9.17, 15) is 14.4 Å². The van der Waals surface area contributed by atoms with E-state index in [4.69, 9.17) is 32.7 Å². The molecule has 37 heavy (non-hydrogen) atoms. The van der Waals surface area contributed by atoms with Crippen LogP contribution >= 0.6 is 23.2 Å². The monoisotopic (exact) mass is 557 g/mol. The summed E-state index contributed by atoms with van der Waals surface area (Å²) in [6.45, 7) is 12.4. The average Bonchev–Trinajstić information content (AvgIpc) is 3.45. The molecule has 1 saturated carbocycles. The van der Waals surface area contributed by atoms with Crippen LogP contribution in [-0.4, -0.2) is 55.0 Å². The fourth-order valence-corrected chi connectivity index (χ4v) is 4.62. The molecule has 1 aromatic carbocycles. The summed E-state index contributed by atoms with van der Waals surface area (Å²) in [7, 11) is 0. The lowest BCUT2D eigenvalue weighted by molar-refractivity contribution is 0.0481. The Kier molecular flexibility index (Phi) is 8.95. The van der Waals surface area contributed by atoms with Crippen LogP contribution in [0.4, 0.5) is 21.0 Å². The fourth-order valence-electron chi connectivity index (χ4n) is 3.87. The number of alkyl carbamates (subject to hydrolysis) is 1. The maximum absolute atomic E-state index is 13.0. The zero-order valence-corrected chi connectivity index (χ0v) is 23.7. The molecule has 1 aliphatic carbocycles. The Hall–Kier alpha value is -2.59. The molecule has 1 aromatic rings. The Morgan fingerprint density at radius 1 is 0.973 bits per heavy atom. The van der Waals surface area contributed by atoms with Crippen molar-refractivity contribution in [2.24, 2.45) is 5.92 Å². The first-order valence-corrected chi connectivity index (χ1v) is 13.2. The Balaban J connectivity index is 1.72. The first-order chi connectivity index (χ1) is 17.1. The summed E-state index contributed by atoms with van der Waals surface area (Å²) in [5.41, 5.74) is 4.65. The minimum atomic E-state index is -0.783. The van der Waals surface area contributed by atoms with Gasteiger partial charge in [0.25, 0.3) is 5.91 Å². The van der Waals surface area contributed by atoms with E-state index in [2.05, 4.69) is 26.4 Å². The van der Waals surface area contributed by atoms with Crippen molar-refractivity contribution in [2.75, 3.05) is 29.9 Å². The number of rotatable bonds is 6. The van der Waals surface area contributed by atoms with Gasteiger partial charge in [0.2, 0.25) is 0 Å². The molecular weight excluding hydrogens is 521 g/mol. The maximum Gasteiger partial charge on any atom is 0.426 e. The van der Waals surface area contributed by atoms with Crippen molar-refractivity contribution in [3.05, 3.63) is 21.7 Å². The van der Waals surface area contributed by atoms with Crippen LogP contribution < -0.4 is 26.4 Å². The van der Waals surface area contributed by atoms with Crippen molar-refractivity contribution in [3.8, 4) is 0 Å². The predicted molar refractivity (Wildman–Crippen MR) is 144 cm³/mol. The molecule has 2 aliphatic rings. The van der Waals surface area contributed by atoms with E-state index in [0.29, 0.717) is 41.1 Å². The summed E-state index contributed by atoms with van der Waals surface area (Å²) in [6.07, 6.45) is 1.53. The van der Waals surface area contributed by atoms with Gasteiger partial charge in [-0.05, 0) is 72.8 Å². The average molecular weight is 559 g/mol. The first kappa shape index (κ1) is 29.0. The van der Waals surface area contributed by atoms with E-state index in [1.807, 2.05) is 20.8 Å². The standard InChI is InChI=1S/C25H37Cl2N5O5/c1-24(2,3)36-22(34)28-12-14-9-10-32(13-14)20-17(26)11-16(19(18(20)27)29-15-7-8-15)21(33)30-31-23(35)37-25(4,5)6/h11,14-15,29H,7-10,12-13H2,1-6H3,(H,28,34)(H,30,33)(H,31,35). The number of nitrogens with zero attached hydrogens (tertiary/aromatic N) is 1. The predicted octanol–water partition coefficient (Wildman–Crippen LogP) is 5.09. The Morgan fingerprint density at radius 2 is 1.59 bits per heavy atom. The molecule has 206 valence electrons. The highest BCUT2D eigenvalue weighted by Crippen LogP contribution is 2.44. The number of benzene rings is 1. The Labute approximate surface area is 228 Å². The molecule has 12 heteroatoms. The number of nitrogens with one attached hydrogen (secondary N) is 4. The largest absolute Gasteiger partial charge is 0.444 e. The molecular formula is C25H37Cl2N5O5. The quantitative estimate of drug-likeness (QED) is 0.359. The van der Waals surface area contributed by atoms with E-state index in [0.717, 1.165) is 19.3 Å². The molecule has 4 N–H and O–H groups in total. The van der Waals surface area contributed by atoms with Crippen molar-refractivity contribution >= 4 is 52.7 Å². The number of hydrogen-bond donors (Lipinski definition) is 4. The molecule has 0 aromatic heterocycles. The second-order valence-electron chi connectivity index (χ2n) is 11.4. The number of halogens is 2. The van der Waals surface area contributed by atoms with Gasteiger partial charge >= 0.3 is 12.2 Å². The van der Waals surface area contributed by atoms with Gasteiger partial charge in [-0.15, -0.1) is 0 Å². The van der Waals surface area contributed by atoms with E-state index < -0.39 is 29.3 Å². The molecule has 1 saturated heterocycles. The Morgan fingerprint density at radius 3 is 2.19 bits per heavy atom. The third-order valence-corrected chi connectivity index (χ3v) is 6.23. The number of ether oxygens (including phenoxy) is 2. The third-order valence-electron chi connectivity index (χ3n) is 5.58. The van der Waals surface area contributed by atoms with Crippen LogP contribution in [0.1, 0.15) is 71.2 Å². The molecule has 0 bridgehead atoms. The Bertz CT molecular complexity index is 1030.